The van der Waals surface area contributed by atoms with E-state index in [1.807, 2.05) is 37.3 Å². The lowest BCUT2D eigenvalue weighted by molar-refractivity contribution is -0.115. The molecule has 29 heavy (non-hydrogen) atoms. The number of halogens is 1. The van der Waals surface area contributed by atoms with Crippen LogP contribution >= 0.6 is 11.6 Å². The van der Waals surface area contributed by atoms with Gasteiger partial charge in [0, 0.05) is 5.02 Å². The fourth-order valence-corrected chi connectivity index (χ4v) is 3.13. The van der Waals surface area contributed by atoms with Gasteiger partial charge in [0.25, 0.3) is 0 Å². The summed E-state index contributed by atoms with van der Waals surface area (Å²) >= 11 is 5.89. The van der Waals surface area contributed by atoms with Crippen LogP contribution in [-0.2, 0) is 22.4 Å². The average molecular weight is 410 g/mol. The van der Waals surface area contributed by atoms with E-state index >= 15 is 0 Å². The molecule has 1 aliphatic rings. The number of hydrogen-bond donors (Lipinski definition) is 1. The zero-order valence-electron chi connectivity index (χ0n) is 16.6. The smallest absolute Gasteiger partial charge is 0.229 e. The van der Waals surface area contributed by atoms with Gasteiger partial charge in [0.05, 0.1) is 31.1 Å². The van der Waals surface area contributed by atoms with Gasteiger partial charge < -0.3 is 10.1 Å². The van der Waals surface area contributed by atoms with Gasteiger partial charge in [-0.1, -0.05) is 42.8 Å². The minimum atomic E-state index is -0.132. The topological polar surface area (TPSA) is 64.1 Å². The van der Waals surface area contributed by atoms with E-state index in [-0.39, 0.29) is 12.3 Å². The molecule has 0 spiro atoms. The third-order valence-electron chi connectivity index (χ3n) is 4.59. The molecule has 0 saturated heterocycles. The van der Waals surface area contributed by atoms with Crippen molar-refractivity contribution in [3.63, 3.8) is 0 Å². The summed E-state index contributed by atoms with van der Waals surface area (Å²) < 4.78 is 5.31. The van der Waals surface area contributed by atoms with Crippen LogP contribution in [0.2, 0.25) is 5.02 Å². The highest BCUT2D eigenvalue weighted by molar-refractivity contribution is 6.30. The third kappa shape index (κ3) is 5.78. The van der Waals surface area contributed by atoms with Crippen molar-refractivity contribution in [1.82, 2.24) is 9.97 Å². The Morgan fingerprint density at radius 3 is 2.76 bits per heavy atom. The van der Waals surface area contributed by atoms with Crippen molar-refractivity contribution >= 4 is 28.9 Å². The number of nitrogens with one attached hydrogen (secondary N) is 1. The summed E-state index contributed by atoms with van der Waals surface area (Å²) in [6.45, 7) is 2.00. The fraction of sp³-hybridized carbons (Fsp3) is 0.261. The molecule has 3 rings (SSSR count). The molecule has 0 radical (unpaired) electrons. The molecule has 1 N–H and O–H groups in total. The van der Waals surface area contributed by atoms with Crippen LogP contribution in [0.3, 0.4) is 0 Å². The Balaban J connectivity index is 1.76. The molecule has 0 fully saturated rings. The zero-order valence-corrected chi connectivity index (χ0v) is 17.4. The number of carbonyl (C=O) groups is 1. The molecule has 1 heterocycles. The standard InChI is InChI=1S/C23H24ClN3O2/c1-3-20-23(27-22(28)14-16-8-11-18(24)12-9-16)25-15-21(26-20)17-6-4-5-7-19(29-2)13-10-17/h5,7-13,15H,3-4,6,14H2,1-2H3,(H,25,27,28)/b7-5-,17-10+,19-13+. The highest BCUT2D eigenvalue weighted by Gasteiger charge is 2.13. The van der Waals surface area contributed by atoms with Crippen molar-refractivity contribution in [2.45, 2.75) is 32.6 Å². The summed E-state index contributed by atoms with van der Waals surface area (Å²) in [5.74, 6) is 1.18. The number of anilines is 1. The highest BCUT2D eigenvalue weighted by atomic mass is 35.5. The molecule has 0 atom stereocenters. The van der Waals surface area contributed by atoms with Crippen molar-refractivity contribution < 1.29 is 9.53 Å². The predicted molar refractivity (Wildman–Crippen MR) is 117 cm³/mol. The summed E-state index contributed by atoms with van der Waals surface area (Å²) in [5.41, 5.74) is 3.56. The van der Waals surface area contributed by atoms with Crippen molar-refractivity contribution in [2.24, 2.45) is 0 Å². The maximum Gasteiger partial charge on any atom is 0.229 e. The molecule has 0 bridgehead atoms. The molecule has 0 unspecified atom stereocenters. The Kier molecular flexibility index (Phi) is 7.19. The SMILES string of the molecule is CCc1nc(/C2=C/C=C(OC)\C=C/CC2)cnc1NC(=O)Cc1ccc(Cl)cc1. The first-order chi connectivity index (χ1) is 14.1. The number of aryl methyl sites for hydroxylation is 1. The number of rotatable bonds is 6. The van der Waals surface area contributed by atoms with E-state index in [0.717, 1.165) is 41.1 Å². The minimum Gasteiger partial charge on any atom is -0.497 e. The predicted octanol–water partition coefficient (Wildman–Crippen LogP) is 5.14. The van der Waals surface area contributed by atoms with Crippen molar-refractivity contribution in [3.05, 3.63) is 82.5 Å². The van der Waals surface area contributed by atoms with E-state index in [0.29, 0.717) is 17.3 Å². The third-order valence-corrected chi connectivity index (χ3v) is 4.84. The maximum atomic E-state index is 12.4. The second-order valence-electron chi connectivity index (χ2n) is 6.66. The van der Waals surface area contributed by atoms with E-state index in [2.05, 4.69) is 16.4 Å². The summed E-state index contributed by atoms with van der Waals surface area (Å²) in [5, 5.41) is 3.53. The highest BCUT2D eigenvalue weighted by Crippen LogP contribution is 2.23. The molecule has 5 nitrogen and oxygen atoms in total. The minimum absolute atomic E-state index is 0.132. The van der Waals surface area contributed by atoms with Crippen LogP contribution in [0.15, 0.2) is 60.5 Å². The Labute approximate surface area is 176 Å². The average Bonchev–Trinajstić information content (AvgIpc) is 2.70. The number of ether oxygens (including phenoxy) is 1. The van der Waals surface area contributed by atoms with Gasteiger partial charge in [0.1, 0.15) is 5.76 Å². The van der Waals surface area contributed by atoms with Gasteiger partial charge >= 0.3 is 0 Å². The van der Waals surface area contributed by atoms with E-state index < -0.39 is 0 Å². The lowest BCUT2D eigenvalue weighted by atomic mass is 10.0. The Morgan fingerprint density at radius 2 is 2.03 bits per heavy atom. The monoisotopic (exact) mass is 409 g/mol. The number of methoxy groups -OCH3 is 1. The lowest BCUT2D eigenvalue weighted by Gasteiger charge is -2.12. The number of nitrogens with zero attached hydrogens (tertiary/aromatic N) is 2. The van der Waals surface area contributed by atoms with Crippen molar-refractivity contribution in [3.8, 4) is 0 Å². The molecule has 1 aromatic heterocycles. The van der Waals surface area contributed by atoms with Crippen molar-refractivity contribution in [2.75, 3.05) is 12.4 Å². The molecule has 1 aromatic carbocycles. The molecule has 0 aliphatic heterocycles. The largest absolute Gasteiger partial charge is 0.497 e. The van der Waals surface area contributed by atoms with Crippen LogP contribution in [0.4, 0.5) is 5.82 Å². The number of carbonyl (C=O) groups excluding carboxylic acids is 1. The van der Waals surface area contributed by atoms with Crippen LogP contribution in [-0.4, -0.2) is 23.0 Å². The number of hydrogen-bond acceptors (Lipinski definition) is 4. The van der Waals surface area contributed by atoms with Gasteiger partial charge in [-0.05, 0) is 54.7 Å². The summed E-state index contributed by atoms with van der Waals surface area (Å²) in [6, 6.07) is 7.23. The second-order valence-corrected chi connectivity index (χ2v) is 7.10. The Morgan fingerprint density at radius 1 is 1.24 bits per heavy atom. The Hall–Kier alpha value is -2.92. The first-order valence-electron chi connectivity index (χ1n) is 9.61. The van der Waals surface area contributed by atoms with Crippen LogP contribution < -0.4 is 5.32 Å². The molecule has 1 aliphatic carbocycles. The van der Waals surface area contributed by atoms with Gasteiger partial charge in [0.2, 0.25) is 5.91 Å². The van der Waals surface area contributed by atoms with Gasteiger partial charge in [-0.3, -0.25) is 4.79 Å². The van der Waals surface area contributed by atoms with Crippen LogP contribution in [0.5, 0.6) is 0 Å². The summed E-state index contributed by atoms with van der Waals surface area (Å²) in [7, 11) is 1.65. The van der Waals surface area contributed by atoms with E-state index in [1.54, 1.807) is 25.4 Å². The first-order valence-corrected chi connectivity index (χ1v) is 9.98. The molecule has 150 valence electrons. The summed E-state index contributed by atoms with van der Waals surface area (Å²) in [4.78, 5) is 21.7. The number of benzene rings is 1. The quantitative estimate of drug-likeness (QED) is 0.717. The lowest BCUT2D eigenvalue weighted by Crippen LogP contribution is -2.17. The van der Waals surface area contributed by atoms with Gasteiger partial charge in [-0.25, -0.2) is 9.97 Å². The van der Waals surface area contributed by atoms with E-state index in [9.17, 15) is 4.79 Å². The normalized spacial score (nSPS) is 18.4. The molecule has 1 amide bonds. The number of amides is 1. The van der Waals surface area contributed by atoms with Gasteiger partial charge in [0.15, 0.2) is 5.82 Å². The van der Waals surface area contributed by atoms with Crippen LogP contribution in [0.1, 0.15) is 36.7 Å². The van der Waals surface area contributed by atoms with E-state index in [4.69, 9.17) is 21.3 Å². The van der Waals surface area contributed by atoms with Gasteiger partial charge in [-0.15, -0.1) is 0 Å². The molecule has 6 heteroatoms. The fourth-order valence-electron chi connectivity index (χ4n) is 3.01. The van der Waals surface area contributed by atoms with Crippen LogP contribution in [0.25, 0.3) is 5.57 Å². The Bertz CT molecular complexity index is 963. The first kappa shape index (κ1) is 20.8. The van der Waals surface area contributed by atoms with Crippen molar-refractivity contribution in [1.29, 1.82) is 0 Å². The second kappa shape index (κ2) is 10.0. The van der Waals surface area contributed by atoms with E-state index in [1.165, 1.54) is 0 Å². The molecule has 0 saturated carbocycles. The molecule has 2 aromatic rings. The van der Waals surface area contributed by atoms with Crippen LogP contribution in [0, 0.1) is 0 Å². The molecular formula is C23H24ClN3O2. The maximum absolute atomic E-state index is 12.4. The number of aromatic nitrogens is 2. The number of allylic oxidation sites excluding steroid dienone is 5. The molecular weight excluding hydrogens is 386 g/mol. The summed E-state index contributed by atoms with van der Waals surface area (Å²) in [6.07, 6.45) is 12.4. The zero-order chi connectivity index (χ0) is 20.6. The van der Waals surface area contributed by atoms with Gasteiger partial charge in [-0.2, -0.15) is 0 Å².